The van der Waals surface area contributed by atoms with Gasteiger partial charge in [-0.15, -0.1) is 11.3 Å². The predicted octanol–water partition coefficient (Wildman–Crippen LogP) is 3.03. The number of esters is 1. The Bertz CT molecular complexity index is 653. The van der Waals surface area contributed by atoms with E-state index in [1.165, 1.54) is 23.5 Å². The highest BCUT2D eigenvalue weighted by molar-refractivity contribution is 7.14. The summed E-state index contributed by atoms with van der Waals surface area (Å²) in [5, 5.41) is 5.48. The van der Waals surface area contributed by atoms with Crippen LogP contribution in [0.2, 0.25) is 10.0 Å². The first kappa shape index (κ1) is 19.2. The van der Waals surface area contributed by atoms with Crippen molar-refractivity contribution < 1.29 is 19.1 Å². The number of ether oxygens (including phenoxy) is 2. The number of carbonyl (C=O) groups excluding carboxylic acids is 2. The molecule has 0 radical (unpaired) electrons. The van der Waals surface area contributed by atoms with E-state index in [2.05, 4.69) is 21.7 Å². The summed E-state index contributed by atoms with van der Waals surface area (Å²) in [6.07, 6.45) is -0.867. The van der Waals surface area contributed by atoms with Crippen molar-refractivity contribution in [1.29, 1.82) is 0 Å². The van der Waals surface area contributed by atoms with Gasteiger partial charge in [0.2, 0.25) is 0 Å². The summed E-state index contributed by atoms with van der Waals surface area (Å²) >= 11 is 12.9. The number of rotatable bonds is 4. The van der Waals surface area contributed by atoms with E-state index in [0.717, 1.165) is 0 Å². The third kappa shape index (κ3) is 6.85. The Hall–Kier alpha value is -1.84. The summed E-state index contributed by atoms with van der Waals surface area (Å²) in [5.74, 6) is 7.44. The first-order valence-electron chi connectivity index (χ1n) is 6.01. The van der Waals surface area contributed by atoms with Crippen molar-refractivity contribution in [3.8, 4) is 5.75 Å². The fraction of sp³-hybridized carbons (Fsp3) is 0.0769. The molecule has 2 aromatic rings. The molecule has 0 aliphatic carbocycles. The maximum Gasteiger partial charge on any atom is 0.420 e. The Kier molecular flexibility index (Phi) is 8.38. The predicted molar refractivity (Wildman–Crippen MR) is 89.8 cm³/mol. The zero-order chi connectivity index (χ0) is 17.2. The first-order chi connectivity index (χ1) is 11.0. The number of hydrazine groups is 1. The molecule has 0 spiro atoms. The molecule has 2 rings (SSSR count). The summed E-state index contributed by atoms with van der Waals surface area (Å²) in [7, 11) is 0. The lowest BCUT2D eigenvalue weighted by atomic mass is 10.3. The molecule has 7 nitrogen and oxygen atoms in total. The molecule has 0 aliphatic heterocycles. The number of carbonyl (C=O) groups is 2. The topological polar surface area (TPSA) is 117 Å². The highest BCUT2D eigenvalue weighted by atomic mass is 35.5. The average Bonchev–Trinajstić information content (AvgIpc) is 3.01. The van der Waals surface area contributed by atoms with E-state index in [1.54, 1.807) is 23.6 Å². The van der Waals surface area contributed by atoms with Crippen LogP contribution in [0.5, 0.6) is 5.75 Å². The zero-order valence-corrected chi connectivity index (χ0v) is 14.0. The van der Waals surface area contributed by atoms with Crippen molar-refractivity contribution >= 4 is 51.6 Å². The van der Waals surface area contributed by atoms with E-state index in [1.807, 2.05) is 0 Å². The minimum atomic E-state index is -0.867. The van der Waals surface area contributed by atoms with Crippen molar-refractivity contribution in [2.24, 2.45) is 11.7 Å². The number of benzene rings is 1. The first-order valence-corrected chi connectivity index (χ1v) is 7.64. The maximum absolute atomic E-state index is 11.5. The highest BCUT2D eigenvalue weighted by Crippen LogP contribution is 2.27. The van der Waals surface area contributed by atoms with Crippen LogP contribution in [-0.2, 0) is 9.53 Å². The number of nitrogens with one attached hydrogen (secondary N) is 1. The van der Waals surface area contributed by atoms with Gasteiger partial charge in [-0.2, -0.15) is 0 Å². The molecular weight excluding hydrogens is 365 g/mol. The van der Waals surface area contributed by atoms with E-state index in [-0.39, 0.29) is 10.8 Å². The lowest BCUT2D eigenvalue weighted by Gasteiger charge is -2.07. The largest absolute Gasteiger partial charge is 0.480 e. The van der Waals surface area contributed by atoms with E-state index in [9.17, 15) is 9.59 Å². The fourth-order valence-corrected chi connectivity index (χ4v) is 2.40. The second-order valence-electron chi connectivity index (χ2n) is 3.73. The summed E-state index contributed by atoms with van der Waals surface area (Å²) in [4.78, 5) is 22.9. The van der Waals surface area contributed by atoms with Crippen LogP contribution in [0.1, 0.15) is 0 Å². The molecule has 0 bridgehead atoms. The molecule has 1 heterocycles. The summed E-state index contributed by atoms with van der Waals surface area (Å²) in [6, 6.07) is 8.00. The second-order valence-corrected chi connectivity index (χ2v) is 5.52. The van der Waals surface area contributed by atoms with Crippen LogP contribution in [0, 0.1) is 0 Å². The normalized spacial score (nSPS) is 9.39. The number of hydrogen-bond donors (Lipinski definition) is 3. The molecule has 0 unspecified atom stereocenters. The molecule has 1 aromatic carbocycles. The van der Waals surface area contributed by atoms with Gasteiger partial charge in [0.25, 0.3) is 0 Å². The Labute approximate surface area is 146 Å². The second kappa shape index (κ2) is 10.0. The van der Waals surface area contributed by atoms with Gasteiger partial charge in [-0.1, -0.05) is 23.2 Å². The summed E-state index contributed by atoms with van der Waals surface area (Å²) in [5.41, 5.74) is 0. The van der Waals surface area contributed by atoms with E-state index < -0.39 is 18.7 Å². The van der Waals surface area contributed by atoms with Crippen molar-refractivity contribution in [2.75, 3.05) is 11.9 Å². The lowest BCUT2D eigenvalue weighted by molar-refractivity contribution is -0.139. The van der Waals surface area contributed by atoms with Gasteiger partial charge in [0.05, 0.1) is 10.0 Å². The zero-order valence-electron chi connectivity index (χ0n) is 11.6. The van der Waals surface area contributed by atoms with Crippen LogP contribution in [0.15, 0.2) is 35.7 Å². The van der Waals surface area contributed by atoms with Crippen molar-refractivity contribution in [1.82, 2.24) is 0 Å². The van der Waals surface area contributed by atoms with Crippen LogP contribution in [-0.4, -0.2) is 18.7 Å². The SMILES string of the molecule is NN.O=C(COc1ccc(Cl)cc1Cl)OC(=O)Nc1cccs1. The number of amides is 1. The van der Waals surface area contributed by atoms with Crippen LogP contribution in [0.3, 0.4) is 0 Å². The number of anilines is 1. The lowest BCUT2D eigenvalue weighted by Crippen LogP contribution is -2.22. The highest BCUT2D eigenvalue weighted by Gasteiger charge is 2.13. The molecule has 124 valence electrons. The Morgan fingerprint density at radius 3 is 2.57 bits per heavy atom. The van der Waals surface area contributed by atoms with Crippen LogP contribution < -0.4 is 21.7 Å². The van der Waals surface area contributed by atoms with Gasteiger partial charge in [-0.3, -0.25) is 17.0 Å². The summed E-state index contributed by atoms with van der Waals surface area (Å²) in [6.45, 7) is -0.445. The van der Waals surface area contributed by atoms with Gasteiger partial charge in [0.1, 0.15) is 5.75 Å². The van der Waals surface area contributed by atoms with Gasteiger partial charge in [-0.05, 0) is 35.7 Å². The van der Waals surface area contributed by atoms with Crippen LogP contribution in [0.4, 0.5) is 9.80 Å². The van der Waals surface area contributed by atoms with Gasteiger partial charge >= 0.3 is 12.1 Å². The average molecular weight is 378 g/mol. The number of thiophene rings is 1. The molecule has 1 amide bonds. The Morgan fingerprint density at radius 2 is 1.96 bits per heavy atom. The van der Waals surface area contributed by atoms with Crippen molar-refractivity contribution in [2.45, 2.75) is 0 Å². The third-order valence-corrected chi connectivity index (χ3v) is 3.51. The van der Waals surface area contributed by atoms with Gasteiger partial charge in [0.15, 0.2) is 6.61 Å². The number of halogens is 2. The minimum absolute atomic E-state index is 0.262. The molecule has 0 saturated heterocycles. The third-order valence-electron chi connectivity index (χ3n) is 2.19. The van der Waals surface area contributed by atoms with Crippen molar-refractivity contribution in [3.63, 3.8) is 0 Å². The monoisotopic (exact) mass is 377 g/mol. The molecular formula is C13H13Cl2N3O4S. The molecule has 0 saturated carbocycles. The van der Waals surface area contributed by atoms with Gasteiger partial charge in [0, 0.05) is 5.02 Å². The molecule has 0 aliphatic rings. The van der Waals surface area contributed by atoms with Crippen LogP contribution in [0.25, 0.3) is 0 Å². The molecule has 0 atom stereocenters. The Balaban J connectivity index is 0.00000127. The van der Waals surface area contributed by atoms with Crippen LogP contribution >= 0.6 is 34.5 Å². The van der Waals surface area contributed by atoms with Crippen molar-refractivity contribution in [3.05, 3.63) is 45.8 Å². The van der Waals surface area contributed by atoms with Gasteiger partial charge in [-0.25, -0.2) is 9.59 Å². The van der Waals surface area contributed by atoms with Gasteiger partial charge < -0.3 is 9.47 Å². The molecule has 23 heavy (non-hydrogen) atoms. The molecule has 5 N–H and O–H groups in total. The van der Waals surface area contributed by atoms with E-state index in [4.69, 9.17) is 27.9 Å². The molecule has 0 fully saturated rings. The van der Waals surface area contributed by atoms with E-state index >= 15 is 0 Å². The maximum atomic E-state index is 11.5. The Morgan fingerprint density at radius 1 is 1.22 bits per heavy atom. The molecule has 1 aromatic heterocycles. The van der Waals surface area contributed by atoms with E-state index in [0.29, 0.717) is 10.0 Å². The smallest absolute Gasteiger partial charge is 0.420 e. The fourth-order valence-electron chi connectivity index (χ4n) is 1.34. The minimum Gasteiger partial charge on any atom is -0.480 e. The summed E-state index contributed by atoms with van der Waals surface area (Å²) < 4.78 is 9.68. The molecule has 10 heteroatoms. The number of hydrogen-bond acceptors (Lipinski definition) is 7. The number of nitrogens with two attached hydrogens (primary N) is 2. The quantitative estimate of drug-likeness (QED) is 0.326. The standard InChI is InChI=1S/C13H9Cl2NO4S.H4N2/c14-8-3-4-10(9(15)6-8)19-7-12(17)20-13(18)16-11-2-1-5-21-11;1-2/h1-6H,7H2,(H,16,18);1-2H2.